The highest BCUT2D eigenvalue weighted by molar-refractivity contribution is 5.96. The number of anilines is 2. The molecule has 184 valence electrons. The van der Waals surface area contributed by atoms with Gasteiger partial charge in [0.2, 0.25) is 11.7 Å². The lowest BCUT2D eigenvalue weighted by molar-refractivity contribution is -0.144. The van der Waals surface area contributed by atoms with E-state index in [2.05, 4.69) is 15.3 Å². The Morgan fingerprint density at radius 1 is 1.11 bits per heavy atom. The Kier molecular flexibility index (Phi) is 6.00. The second-order valence-electron chi connectivity index (χ2n) is 8.70. The first-order valence-corrected chi connectivity index (χ1v) is 11.4. The molecule has 35 heavy (non-hydrogen) atoms. The molecule has 2 aliphatic heterocycles. The standard InChI is InChI=1S/C24H24F3N5O3/c25-24(26,27)23-29-16-9-8-15(12-17(16)30-23)28-21(33)14-32-13-20(22(34)31-10-4-1-5-11-31)35-19-7-3-2-6-18(19)32/h2-3,6-9,12,20H,1,4-5,10-11,13-14H2,(H,28,33)(H,29,30). The normalized spacial score (nSPS) is 18.2. The minimum absolute atomic E-state index is 0.0566. The van der Waals surface area contributed by atoms with E-state index >= 15 is 0 Å². The molecule has 0 radical (unpaired) electrons. The molecule has 2 aromatic carbocycles. The van der Waals surface area contributed by atoms with Crippen molar-refractivity contribution >= 4 is 34.2 Å². The number of alkyl halides is 3. The van der Waals surface area contributed by atoms with Gasteiger partial charge in [0, 0.05) is 18.8 Å². The minimum atomic E-state index is -4.59. The van der Waals surface area contributed by atoms with Crippen LogP contribution in [0, 0.1) is 0 Å². The first-order chi connectivity index (χ1) is 16.8. The Balaban J connectivity index is 1.30. The molecule has 1 atom stereocenters. The maximum Gasteiger partial charge on any atom is 0.449 e. The number of benzene rings is 2. The van der Waals surface area contributed by atoms with Crippen molar-refractivity contribution in [1.82, 2.24) is 14.9 Å². The summed E-state index contributed by atoms with van der Waals surface area (Å²) in [5.41, 5.74) is 1.35. The van der Waals surface area contributed by atoms with Gasteiger partial charge in [0.25, 0.3) is 5.91 Å². The summed E-state index contributed by atoms with van der Waals surface area (Å²) < 4.78 is 44.7. The molecule has 3 heterocycles. The molecule has 2 amide bonds. The number of likely N-dealkylation sites (tertiary alicyclic amines) is 1. The van der Waals surface area contributed by atoms with E-state index in [-0.39, 0.29) is 35.9 Å². The number of nitrogens with zero attached hydrogens (tertiary/aromatic N) is 3. The smallest absolute Gasteiger partial charge is 0.449 e. The van der Waals surface area contributed by atoms with Crippen molar-refractivity contribution in [3.63, 3.8) is 0 Å². The minimum Gasteiger partial charge on any atom is -0.477 e. The zero-order chi connectivity index (χ0) is 24.6. The van der Waals surface area contributed by atoms with E-state index in [0.29, 0.717) is 30.2 Å². The van der Waals surface area contributed by atoms with E-state index in [4.69, 9.17) is 4.74 Å². The molecule has 1 fully saturated rings. The van der Waals surface area contributed by atoms with Crippen LogP contribution in [0.5, 0.6) is 5.75 Å². The number of halogens is 3. The molecule has 8 nitrogen and oxygen atoms in total. The van der Waals surface area contributed by atoms with Crippen molar-refractivity contribution in [1.29, 1.82) is 0 Å². The number of imidazole rings is 1. The van der Waals surface area contributed by atoms with Crippen molar-refractivity contribution in [2.75, 3.05) is 36.4 Å². The van der Waals surface area contributed by atoms with Gasteiger partial charge in [-0.15, -0.1) is 0 Å². The molecule has 0 aliphatic carbocycles. The number of nitrogens with one attached hydrogen (secondary N) is 2. The fraction of sp³-hybridized carbons (Fsp3) is 0.375. The fourth-order valence-electron chi connectivity index (χ4n) is 4.50. The summed E-state index contributed by atoms with van der Waals surface area (Å²) in [6.45, 7) is 1.56. The lowest BCUT2D eigenvalue weighted by atomic mass is 10.1. The van der Waals surface area contributed by atoms with Crippen molar-refractivity contribution in [2.24, 2.45) is 0 Å². The number of aromatic amines is 1. The van der Waals surface area contributed by atoms with E-state index in [1.807, 2.05) is 17.0 Å². The van der Waals surface area contributed by atoms with Gasteiger partial charge in [-0.1, -0.05) is 12.1 Å². The highest BCUT2D eigenvalue weighted by Crippen LogP contribution is 2.34. The molecule has 5 rings (SSSR count). The molecule has 0 spiro atoms. The Morgan fingerprint density at radius 3 is 2.66 bits per heavy atom. The average molecular weight is 487 g/mol. The highest BCUT2D eigenvalue weighted by Gasteiger charge is 2.35. The Morgan fingerprint density at radius 2 is 1.89 bits per heavy atom. The Bertz CT molecular complexity index is 1250. The van der Waals surface area contributed by atoms with Crippen LogP contribution in [0.3, 0.4) is 0 Å². The van der Waals surface area contributed by atoms with Gasteiger partial charge in [0.1, 0.15) is 5.75 Å². The van der Waals surface area contributed by atoms with Gasteiger partial charge >= 0.3 is 6.18 Å². The third-order valence-corrected chi connectivity index (χ3v) is 6.17. The number of hydrogen-bond acceptors (Lipinski definition) is 5. The third-order valence-electron chi connectivity index (χ3n) is 6.17. The second kappa shape index (κ2) is 9.12. The second-order valence-corrected chi connectivity index (χ2v) is 8.70. The molecule has 2 aliphatic rings. The number of aromatic nitrogens is 2. The van der Waals surface area contributed by atoms with Crippen molar-refractivity contribution in [2.45, 2.75) is 31.5 Å². The van der Waals surface area contributed by atoms with Crippen LogP contribution in [-0.2, 0) is 15.8 Å². The van der Waals surface area contributed by atoms with Crippen LogP contribution in [0.15, 0.2) is 42.5 Å². The predicted molar refractivity (Wildman–Crippen MR) is 123 cm³/mol. The summed E-state index contributed by atoms with van der Waals surface area (Å²) in [7, 11) is 0. The summed E-state index contributed by atoms with van der Waals surface area (Å²) in [6.07, 6.45) is -2.28. The number of fused-ring (bicyclic) bond motifs is 2. The average Bonchev–Trinajstić information content (AvgIpc) is 3.28. The van der Waals surface area contributed by atoms with Gasteiger partial charge in [0.05, 0.1) is 29.8 Å². The van der Waals surface area contributed by atoms with Crippen LogP contribution in [0.25, 0.3) is 11.0 Å². The third kappa shape index (κ3) is 4.89. The summed E-state index contributed by atoms with van der Waals surface area (Å²) >= 11 is 0. The van der Waals surface area contributed by atoms with Gasteiger partial charge in [-0.2, -0.15) is 13.2 Å². The molecule has 11 heteroatoms. The number of para-hydroxylation sites is 2. The Hall–Kier alpha value is -3.76. The van der Waals surface area contributed by atoms with Crippen LogP contribution in [-0.4, -0.2) is 59.0 Å². The van der Waals surface area contributed by atoms with Gasteiger partial charge in [-0.3, -0.25) is 9.59 Å². The maximum absolute atomic E-state index is 13.1. The lowest BCUT2D eigenvalue weighted by Gasteiger charge is -2.38. The number of hydrogen-bond donors (Lipinski definition) is 2. The molecular weight excluding hydrogens is 463 g/mol. The number of rotatable bonds is 4. The number of piperidine rings is 1. The fourth-order valence-corrected chi connectivity index (χ4v) is 4.50. The van der Waals surface area contributed by atoms with Crippen LogP contribution in [0.1, 0.15) is 25.1 Å². The molecule has 0 saturated carbocycles. The molecule has 1 aromatic heterocycles. The van der Waals surface area contributed by atoms with E-state index in [1.165, 1.54) is 18.2 Å². The van der Waals surface area contributed by atoms with Gasteiger partial charge in [-0.25, -0.2) is 4.98 Å². The van der Waals surface area contributed by atoms with Crippen LogP contribution < -0.4 is 15.0 Å². The van der Waals surface area contributed by atoms with Gasteiger partial charge in [0.15, 0.2) is 6.10 Å². The largest absolute Gasteiger partial charge is 0.477 e. The summed E-state index contributed by atoms with van der Waals surface area (Å²) in [6, 6.07) is 11.5. The van der Waals surface area contributed by atoms with Crippen molar-refractivity contribution in [3.05, 3.63) is 48.3 Å². The highest BCUT2D eigenvalue weighted by atomic mass is 19.4. The first-order valence-electron chi connectivity index (χ1n) is 11.4. The molecule has 1 unspecified atom stereocenters. The molecular formula is C24H24F3N5O3. The molecule has 0 bridgehead atoms. The predicted octanol–water partition coefficient (Wildman–Crippen LogP) is 3.80. The van der Waals surface area contributed by atoms with Crippen molar-refractivity contribution in [3.8, 4) is 5.75 Å². The summed E-state index contributed by atoms with van der Waals surface area (Å²) in [4.78, 5) is 35.3. The quantitative estimate of drug-likeness (QED) is 0.584. The van der Waals surface area contributed by atoms with Crippen LogP contribution in [0.4, 0.5) is 24.5 Å². The number of H-pyrrole nitrogens is 1. The number of ether oxygens (including phenoxy) is 1. The topological polar surface area (TPSA) is 90.6 Å². The summed E-state index contributed by atoms with van der Waals surface area (Å²) in [5, 5.41) is 2.72. The number of amides is 2. The van der Waals surface area contributed by atoms with E-state index in [9.17, 15) is 22.8 Å². The van der Waals surface area contributed by atoms with Crippen molar-refractivity contribution < 1.29 is 27.5 Å². The zero-order valence-electron chi connectivity index (χ0n) is 18.8. The first kappa shape index (κ1) is 23.0. The number of carbonyl (C=O) groups excluding carboxylic acids is 2. The summed E-state index contributed by atoms with van der Waals surface area (Å²) in [5.74, 6) is -1.03. The maximum atomic E-state index is 13.1. The van der Waals surface area contributed by atoms with Gasteiger partial charge in [-0.05, 0) is 49.6 Å². The number of carbonyl (C=O) groups is 2. The van der Waals surface area contributed by atoms with E-state index < -0.39 is 18.1 Å². The SMILES string of the molecule is O=C(CN1CC(C(=O)N2CCCCC2)Oc2ccccc21)Nc1ccc2nc(C(F)(F)F)[nH]c2c1. The van der Waals surface area contributed by atoms with Crippen LogP contribution in [0.2, 0.25) is 0 Å². The molecule has 2 N–H and O–H groups in total. The molecule has 3 aromatic rings. The van der Waals surface area contributed by atoms with E-state index in [0.717, 1.165) is 19.3 Å². The zero-order valence-corrected chi connectivity index (χ0v) is 18.8. The molecule has 1 saturated heterocycles. The van der Waals surface area contributed by atoms with Crippen LogP contribution >= 0.6 is 0 Å². The van der Waals surface area contributed by atoms with Gasteiger partial charge < -0.3 is 24.8 Å². The Labute approximate surface area is 199 Å². The van der Waals surface area contributed by atoms with E-state index in [1.54, 1.807) is 17.0 Å². The monoisotopic (exact) mass is 487 g/mol. The lowest BCUT2D eigenvalue weighted by Crippen LogP contribution is -2.52.